The summed E-state index contributed by atoms with van der Waals surface area (Å²) in [5.41, 5.74) is -1.65. The molecule has 5 nitrogen and oxygen atoms in total. The zero-order valence-electron chi connectivity index (χ0n) is 16.7. The minimum Gasteiger partial charge on any atom is -0.463 e. The van der Waals surface area contributed by atoms with Crippen molar-refractivity contribution in [3.05, 3.63) is 0 Å². The Morgan fingerprint density at radius 2 is 1.21 bits per heavy atom. The first kappa shape index (κ1) is 22.8. The van der Waals surface area contributed by atoms with Crippen LogP contribution >= 0.6 is 0 Å². The summed E-state index contributed by atoms with van der Waals surface area (Å²) in [4.78, 5) is 36.2. The van der Waals surface area contributed by atoms with Crippen molar-refractivity contribution < 1.29 is 23.9 Å². The van der Waals surface area contributed by atoms with E-state index in [2.05, 4.69) is 0 Å². The molecule has 0 spiro atoms. The first-order valence-corrected chi connectivity index (χ1v) is 8.40. The normalized spacial score (nSPS) is 14.2. The topological polar surface area (TPSA) is 69.7 Å². The molecule has 0 amide bonds. The standard InChI is InChI=1S/C19H34O5/c1-17(2,3)14(20)10-13(11-24-16(22)19(7,8)9)23-12-15(21)18(4,5)6/h13H,10-12H2,1-9H3. The molecule has 0 heterocycles. The van der Waals surface area contributed by atoms with E-state index in [1.165, 1.54) is 0 Å². The van der Waals surface area contributed by atoms with Crippen molar-refractivity contribution in [3.8, 4) is 0 Å². The molecular weight excluding hydrogens is 308 g/mol. The summed E-state index contributed by atoms with van der Waals surface area (Å²) in [7, 11) is 0. The fourth-order valence-electron chi connectivity index (χ4n) is 1.47. The number of esters is 1. The van der Waals surface area contributed by atoms with E-state index in [0.717, 1.165) is 0 Å². The molecule has 1 atom stereocenters. The van der Waals surface area contributed by atoms with Crippen molar-refractivity contribution in [2.45, 2.75) is 74.8 Å². The summed E-state index contributed by atoms with van der Waals surface area (Å²) in [6.45, 7) is 16.1. The van der Waals surface area contributed by atoms with Gasteiger partial charge in [0.05, 0.1) is 11.5 Å². The average molecular weight is 342 g/mol. The molecule has 0 aliphatic heterocycles. The number of ketones is 2. The molecule has 0 bridgehead atoms. The summed E-state index contributed by atoms with van der Waals surface area (Å²) in [5, 5.41) is 0. The second-order valence-electron chi connectivity index (χ2n) is 9.33. The lowest BCUT2D eigenvalue weighted by atomic mass is 9.87. The highest BCUT2D eigenvalue weighted by Gasteiger charge is 2.30. The van der Waals surface area contributed by atoms with Gasteiger partial charge in [-0.05, 0) is 20.8 Å². The molecule has 0 N–H and O–H groups in total. The largest absolute Gasteiger partial charge is 0.463 e. The van der Waals surface area contributed by atoms with Gasteiger partial charge in [0.25, 0.3) is 0 Å². The lowest BCUT2D eigenvalue weighted by molar-refractivity contribution is -0.159. The first-order chi connectivity index (χ1) is 10.5. The maximum Gasteiger partial charge on any atom is 0.311 e. The van der Waals surface area contributed by atoms with E-state index >= 15 is 0 Å². The third-order valence-corrected chi connectivity index (χ3v) is 3.55. The zero-order chi connectivity index (χ0) is 19.3. The highest BCUT2D eigenvalue weighted by atomic mass is 16.6. The number of carbonyl (C=O) groups is 3. The molecule has 0 aromatic rings. The predicted molar refractivity (Wildman–Crippen MR) is 93.7 cm³/mol. The Labute approximate surface area is 146 Å². The van der Waals surface area contributed by atoms with Crippen molar-refractivity contribution in [3.63, 3.8) is 0 Å². The molecule has 0 fully saturated rings. The van der Waals surface area contributed by atoms with Gasteiger partial charge in [-0.25, -0.2) is 0 Å². The highest BCUT2D eigenvalue weighted by Crippen LogP contribution is 2.21. The van der Waals surface area contributed by atoms with Gasteiger partial charge in [-0.1, -0.05) is 41.5 Å². The van der Waals surface area contributed by atoms with E-state index in [0.29, 0.717) is 0 Å². The van der Waals surface area contributed by atoms with Crippen LogP contribution in [-0.4, -0.2) is 36.9 Å². The quantitative estimate of drug-likeness (QED) is 0.661. The second-order valence-corrected chi connectivity index (χ2v) is 9.33. The van der Waals surface area contributed by atoms with E-state index in [4.69, 9.17) is 9.47 Å². The van der Waals surface area contributed by atoms with Crippen LogP contribution in [0.5, 0.6) is 0 Å². The van der Waals surface area contributed by atoms with Gasteiger partial charge in [0, 0.05) is 17.3 Å². The van der Waals surface area contributed by atoms with Crippen LogP contribution in [0.15, 0.2) is 0 Å². The van der Waals surface area contributed by atoms with Gasteiger partial charge in [0.2, 0.25) is 0 Å². The lowest BCUT2D eigenvalue weighted by Gasteiger charge is -2.25. The van der Waals surface area contributed by atoms with Gasteiger partial charge in [-0.2, -0.15) is 0 Å². The van der Waals surface area contributed by atoms with Crippen molar-refractivity contribution in [2.75, 3.05) is 13.2 Å². The molecule has 1 unspecified atom stereocenters. The van der Waals surface area contributed by atoms with E-state index in [1.807, 2.05) is 41.5 Å². The van der Waals surface area contributed by atoms with E-state index in [1.54, 1.807) is 20.8 Å². The average Bonchev–Trinajstić information content (AvgIpc) is 2.37. The van der Waals surface area contributed by atoms with Crippen molar-refractivity contribution in [2.24, 2.45) is 16.2 Å². The number of Topliss-reactive ketones (excluding diaryl/α,β-unsaturated/α-hetero) is 2. The summed E-state index contributed by atoms with van der Waals surface area (Å²) in [6.07, 6.45) is -0.507. The van der Waals surface area contributed by atoms with Gasteiger partial charge in [0.15, 0.2) is 5.78 Å². The molecule has 0 saturated heterocycles. The fraction of sp³-hybridized carbons (Fsp3) is 0.842. The molecule has 5 heteroatoms. The summed E-state index contributed by atoms with van der Waals surface area (Å²) in [6, 6.07) is 0. The summed E-state index contributed by atoms with van der Waals surface area (Å²) >= 11 is 0. The van der Waals surface area contributed by atoms with Gasteiger partial charge < -0.3 is 9.47 Å². The van der Waals surface area contributed by atoms with E-state index in [-0.39, 0.29) is 37.2 Å². The monoisotopic (exact) mass is 342 g/mol. The Bertz CT molecular complexity index is 428. The minimum atomic E-state index is -0.625. The number of rotatable bonds is 7. The maximum absolute atomic E-state index is 12.3. The number of ether oxygens (including phenoxy) is 2. The molecule has 0 rings (SSSR count). The van der Waals surface area contributed by atoms with Crippen LogP contribution < -0.4 is 0 Å². The van der Waals surface area contributed by atoms with Crippen LogP contribution in [0.1, 0.15) is 68.7 Å². The Morgan fingerprint density at radius 3 is 1.58 bits per heavy atom. The van der Waals surface area contributed by atoms with E-state index < -0.39 is 22.3 Å². The molecule has 0 aromatic heterocycles. The van der Waals surface area contributed by atoms with Gasteiger partial charge in [-0.3, -0.25) is 14.4 Å². The van der Waals surface area contributed by atoms with Crippen LogP contribution in [0.2, 0.25) is 0 Å². The third-order valence-electron chi connectivity index (χ3n) is 3.55. The molecule has 140 valence electrons. The first-order valence-electron chi connectivity index (χ1n) is 8.40. The number of carbonyl (C=O) groups excluding carboxylic acids is 3. The van der Waals surface area contributed by atoms with Gasteiger partial charge in [0.1, 0.15) is 19.0 Å². The molecular formula is C19H34O5. The second kappa shape index (κ2) is 8.24. The molecule has 0 saturated carbocycles. The highest BCUT2D eigenvalue weighted by molar-refractivity contribution is 5.85. The van der Waals surface area contributed by atoms with Crippen molar-refractivity contribution in [1.82, 2.24) is 0 Å². The molecule has 0 radical (unpaired) electrons. The Kier molecular flexibility index (Phi) is 7.81. The SMILES string of the molecule is CC(C)(C)C(=O)COC(COC(=O)C(C)(C)C)CC(=O)C(C)(C)C. The Hall–Kier alpha value is -1.23. The van der Waals surface area contributed by atoms with Gasteiger partial charge >= 0.3 is 5.97 Å². The number of hydrogen-bond acceptors (Lipinski definition) is 5. The van der Waals surface area contributed by atoms with Crippen molar-refractivity contribution in [1.29, 1.82) is 0 Å². The smallest absolute Gasteiger partial charge is 0.311 e. The van der Waals surface area contributed by atoms with E-state index in [9.17, 15) is 14.4 Å². The van der Waals surface area contributed by atoms with Crippen LogP contribution in [0.3, 0.4) is 0 Å². The third kappa shape index (κ3) is 8.57. The van der Waals surface area contributed by atoms with Crippen LogP contribution in [0.4, 0.5) is 0 Å². The number of hydrogen-bond donors (Lipinski definition) is 0. The van der Waals surface area contributed by atoms with Gasteiger partial charge in [-0.15, -0.1) is 0 Å². The molecule has 0 aromatic carbocycles. The molecule has 0 aliphatic carbocycles. The molecule has 24 heavy (non-hydrogen) atoms. The van der Waals surface area contributed by atoms with Crippen LogP contribution in [0.25, 0.3) is 0 Å². The van der Waals surface area contributed by atoms with Crippen LogP contribution in [0, 0.1) is 16.2 Å². The molecule has 0 aliphatic rings. The Morgan fingerprint density at radius 1 is 0.750 bits per heavy atom. The zero-order valence-corrected chi connectivity index (χ0v) is 16.7. The minimum absolute atomic E-state index is 0.00233. The summed E-state index contributed by atoms with van der Waals surface area (Å²) < 4.78 is 10.9. The lowest BCUT2D eigenvalue weighted by Crippen LogP contribution is -2.35. The van der Waals surface area contributed by atoms with Crippen molar-refractivity contribution >= 4 is 17.5 Å². The summed E-state index contributed by atoms with van der Waals surface area (Å²) in [5.74, 6) is -0.415. The fourth-order valence-corrected chi connectivity index (χ4v) is 1.47. The van der Waals surface area contributed by atoms with Crippen LogP contribution in [-0.2, 0) is 23.9 Å². The predicted octanol–water partition coefficient (Wildman–Crippen LogP) is 3.58. The Balaban J connectivity index is 4.87. The maximum atomic E-state index is 12.3.